The van der Waals surface area contributed by atoms with E-state index in [9.17, 15) is 4.79 Å². The van der Waals surface area contributed by atoms with Crippen molar-refractivity contribution in [3.05, 3.63) is 52.5 Å². The molecule has 3 aromatic rings. The van der Waals surface area contributed by atoms with Crippen LogP contribution in [0.15, 0.2) is 41.3 Å². The van der Waals surface area contributed by atoms with Crippen molar-refractivity contribution in [2.24, 2.45) is 0 Å². The normalized spacial score (nSPS) is 17.4. The number of fused-ring (bicyclic) bond motifs is 1. The first-order valence-corrected chi connectivity index (χ1v) is 9.40. The summed E-state index contributed by atoms with van der Waals surface area (Å²) in [5.74, 6) is 1.11. The first kappa shape index (κ1) is 17.0. The fourth-order valence-electron chi connectivity index (χ4n) is 3.33. The zero-order valence-corrected chi connectivity index (χ0v) is 15.8. The molecule has 1 atom stereocenters. The van der Waals surface area contributed by atoms with Crippen LogP contribution in [0, 0.1) is 0 Å². The molecule has 0 bridgehead atoms. The van der Waals surface area contributed by atoms with Crippen LogP contribution in [0.1, 0.15) is 30.0 Å². The van der Waals surface area contributed by atoms with Gasteiger partial charge in [-0.1, -0.05) is 6.07 Å². The molecule has 3 aromatic heterocycles. The minimum atomic E-state index is 0.236. The Labute approximate surface area is 159 Å². The van der Waals surface area contributed by atoms with Crippen LogP contribution < -0.4 is 5.32 Å². The number of nitrogens with zero attached hydrogens (tertiary/aromatic N) is 5. The topological polar surface area (TPSA) is 75.4 Å². The summed E-state index contributed by atoms with van der Waals surface area (Å²) in [6.45, 7) is 2.18. The molecule has 1 saturated heterocycles. The lowest BCUT2D eigenvalue weighted by Gasteiger charge is -2.29. The van der Waals surface area contributed by atoms with E-state index in [-0.39, 0.29) is 5.92 Å². The summed E-state index contributed by atoms with van der Waals surface area (Å²) < 4.78 is 2.65. The molecule has 1 amide bonds. The molecule has 26 heavy (non-hydrogen) atoms. The Kier molecular flexibility index (Phi) is 4.83. The van der Waals surface area contributed by atoms with Crippen molar-refractivity contribution in [3.63, 3.8) is 0 Å². The third kappa shape index (κ3) is 3.41. The summed E-state index contributed by atoms with van der Waals surface area (Å²) in [6.07, 6.45) is 8.31. The van der Waals surface area contributed by atoms with E-state index in [1.807, 2.05) is 29.3 Å². The van der Waals surface area contributed by atoms with E-state index in [0.29, 0.717) is 13.1 Å². The number of pyridine rings is 1. The highest BCUT2D eigenvalue weighted by molar-refractivity contribution is 9.10. The predicted molar refractivity (Wildman–Crippen MR) is 102 cm³/mol. The monoisotopic (exact) mass is 414 g/mol. The molecule has 1 aliphatic rings. The second-order valence-corrected chi connectivity index (χ2v) is 7.30. The zero-order chi connectivity index (χ0) is 17.9. The molecule has 7 nitrogen and oxygen atoms in total. The third-order valence-corrected chi connectivity index (χ3v) is 5.22. The van der Waals surface area contributed by atoms with E-state index in [1.54, 1.807) is 16.9 Å². The van der Waals surface area contributed by atoms with Crippen LogP contribution in [-0.2, 0) is 11.3 Å². The minimum Gasteiger partial charge on any atom is -0.366 e. The van der Waals surface area contributed by atoms with Crippen LogP contribution in [0.4, 0.5) is 5.82 Å². The van der Waals surface area contributed by atoms with Gasteiger partial charge in [0.15, 0.2) is 5.65 Å². The Bertz CT molecular complexity index is 913. The predicted octanol–water partition coefficient (Wildman–Crippen LogP) is 2.83. The van der Waals surface area contributed by atoms with Gasteiger partial charge < -0.3 is 10.2 Å². The Morgan fingerprint density at radius 2 is 2.31 bits per heavy atom. The summed E-state index contributed by atoms with van der Waals surface area (Å²) in [4.78, 5) is 21.9. The SMILES string of the molecule is O=CN1CCCC(c2cc(NCc3cccnc3)n3ncc(Br)c3n2)C1. The van der Waals surface area contributed by atoms with Crippen LogP contribution in [-0.4, -0.2) is 44.0 Å². The first-order valence-electron chi connectivity index (χ1n) is 8.61. The number of carbonyl (C=O) groups is 1. The molecule has 1 unspecified atom stereocenters. The smallest absolute Gasteiger partial charge is 0.209 e. The van der Waals surface area contributed by atoms with Gasteiger partial charge in [-0.05, 0) is 40.4 Å². The van der Waals surface area contributed by atoms with Crippen LogP contribution in [0.5, 0.6) is 0 Å². The van der Waals surface area contributed by atoms with E-state index in [0.717, 1.165) is 53.0 Å². The number of likely N-dealkylation sites (tertiary alicyclic amines) is 1. The number of aromatic nitrogens is 4. The number of anilines is 1. The standard InChI is InChI=1S/C18H19BrN6O/c19-15-10-22-25-17(21-9-13-3-1-5-20-8-13)7-16(23-18(15)25)14-4-2-6-24(11-14)12-26/h1,3,5,7-8,10,12,14,21H,2,4,6,9,11H2. The van der Waals surface area contributed by atoms with Crippen molar-refractivity contribution in [2.45, 2.75) is 25.3 Å². The maximum Gasteiger partial charge on any atom is 0.209 e. The number of rotatable bonds is 5. The second-order valence-electron chi connectivity index (χ2n) is 6.45. The van der Waals surface area contributed by atoms with E-state index in [1.165, 1.54) is 0 Å². The van der Waals surface area contributed by atoms with Crippen LogP contribution in [0.3, 0.4) is 0 Å². The molecular weight excluding hydrogens is 396 g/mol. The van der Waals surface area contributed by atoms with Crippen LogP contribution in [0.2, 0.25) is 0 Å². The Morgan fingerprint density at radius 3 is 3.12 bits per heavy atom. The Hall–Kier alpha value is -2.48. The van der Waals surface area contributed by atoms with Crippen molar-refractivity contribution in [1.82, 2.24) is 24.5 Å². The molecule has 0 spiro atoms. The fourth-order valence-corrected chi connectivity index (χ4v) is 3.68. The molecule has 0 aromatic carbocycles. The Morgan fingerprint density at radius 1 is 1.38 bits per heavy atom. The summed E-state index contributed by atoms with van der Waals surface area (Å²) in [6, 6.07) is 5.99. The minimum absolute atomic E-state index is 0.236. The number of amides is 1. The van der Waals surface area contributed by atoms with Gasteiger partial charge in [-0.2, -0.15) is 9.61 Å². The van der Waals surface area contributed by atoms with Crippen LogP contribution >= 0.6 is 15.9 Å². The summed E-state index contributed by atoms with van der Waals surface area (Å²) in [7, 11) is 0. The van der Waals surface area contributed by atoms with Crippen LogP contribution in [0.25, 0.3) is 5.65 Å². The van der Waals surface area contributed by atoms with E-state index in [2.05, 4.69) is 31.3 Å². The molecule has 0 aliphatic carbocycles. The molecule has 1 aliphatic heterocycles. The van der Waals surface area contributed by atoms with Gasteiger partial charge >= 0.3 is 0 Å². The molecule has 0 radical (unpaired) electrons. The van der Waals surface area contributed by atoms with Crippen molar-refractivity contribution in [1.29, 1.82) is 0 Å². The molecule has 4 rings (SSSR count). The van der Waals surface area contributed by atoms with Gasteiger partial charge in [0.25, 0.3) is 0 Å². The van der Waals surface area contributed by atoms with E-state index >= 15 is 0 Å². The molecule has 4 heterocycles. The lowest BCUT2D eigenvalue weighted by molar-refractivity contribution is -0.119. The molecule has 8 heteroatoms. The number of piperidine rings is 1. The highest BCUT2D eigenvalue weighted by Crippen LogP contribution is 2.29. The quantitative estimate of drug-likeness (QED) is 0.649. The first-order chi connectivity index (χ1) is 12.7. The number of carbonyl (C=O) groups excluding carboxylic acids is 1. The highest BCUT2D eigenvalue weighted by atomic mass is 79.9. The van der Waals surface area contributed by atoms with Gasteiger partial charge in [-0.25, -0.2) is 4.98 Å². The fraction of sp³-hybridized carbons (Fsp3) is 0.333. The Balaban J connectivity index is 1.66. The van der Waals surface area contributed by atoms with Gasteiger partial charge in [-0.3, -0.25) is 9.78 Å². The molecule has 1 fully saturated rings. The lowest BCUT2D eigenvalue weighted by atomic mass is 9.95. The zero-order valence-electron chi connectivity index (χ0n) is 14.2. The summed E-state index contributed by atoms with van der Waals surface area (Å²) in [5.41, 5.74) is 2.85. The number of halogens is 1. The molecule has 0 saturated carbocycles. The molecular formula is C18H19BrN6O. The second kappa shape index (κ2) is 7.41. The number of hydrogen-bond donors (Lipinski definition) is 1. The molecule has 1 N–H and O–H groups in total. The van der Waals surface area contributed by atoms with Crippen molar-refractivity contribution in [2.75, 3.05) is 18.4 Å². The van der Waals surface area contributed by atoms with Crippen molar-refractivity contribution in [3.8, 4) is 0 Å². The molecule has 134 valence electrons. The van der Waals surface area contributed by atoms with Gasteiger partial charge in [-0.15, -0.1) is 0 Å². The largest absolute Gasteiger partial charge is 0.366 e. The van der Waals surface area contributed by atoms with Crippen molar-refractivity contribution >= 4 is 33.8 Å². The lowest BCUT2D eigenvalue weighted by Crippen LogP contribution is -2.33. The highest BCUT2D eigenvalue weighted by Gasteiger charge is 2.23. The maximum absolute atomic E-state index is 11.2. The number of hydrogen-bond acceptors (Lipinski definition) is 5. The average molecular weight is 415 g/mol. The number of nitrogens with one attached hydrogen (secondary N) is 1. The van der Waals surface area contributed by atoms with Gasteiger partial charge in [0.05, 0.1) is 16.4 Å². The van der Waals surface area contributed by atoms with E-state index < -0.39 is 0 Å². The van der Waals surface area contributed by atoms with Gasteiger partial charge in [0, 0.05) is 44.0 Å². The third-order valence-electron chi connectivity index (χ3n) is 4.67. The van der Waals surface area contributed by atoms with Gasteiger partial charge in [0.2, 0.25) is 6.41 Å². The van der Waals surface area contributed by atoms with Gasteiger partial charge in [0.1, 0.15) is 5.82 Å². The summed E-state index contributed by atoms with van der Waals surface area (Å²) in [5, 5.41) is 7.85. The average Bonchev–Trinajstić information content (AvgIpc) is 3.08. The maximum atomic E-state index is 11.2. The summed E-state index contributed by atoms with van der Waals surface area (Å²) >= 11 is 3.53. The van der Waals surface area contributed by atoms with E-state index in [4.69, 9.17) is 4.98 Å². The van der Waals surface area contributed by atoms with Crippen molar-refractivity contribution < 1.29 is 4.79 Å².